The van der Waals surface area contributed by atoms with E-state index in [1.165, 1.54) is 25.3 Å². The Hall–Kier alpha value is -3.15. The molecule has 3 aliphatic rings. The molecule has 0 unspecified atom stereocenters. The summed E-state index contributed by atoms with van der Waals surface area (Å²) < 4.78 is 16.2. The molecule has 0 N–H and O–H groups in total. The highest BCUT2D eigenvalue weighted by Gasteiger charge is 2.66. The van der Waals surface area contributed by atoms with Crippen LogP contribution in [0.5, 0.6) is 5.75 Å². The van der Waals surface area contributed by atoms with E-state index in [2.05, 4.69) is 37.3 Å². The summed E-state index contributed by atoms with van der Waals surface area (Å²) in [6, 6.07) is 16.8. The number of rotatable bonds is 15. The number of benzene rings is 2. The quantitative estimate of drug-likeness (QED) is 0.113. The summed E-state index contributed by atoms with van der Waals surface area (Å²) in [6.45, 7) is 2.71. The molecule has 2 aromatic rings. The van der Waals surface area contributed by atoms with Crippen LogP contribution in [-0.2, 0) is 36.9 Å². The van der Waals surface area contributed by atoms with E-state index in [1.54, 1.807) is 0 Å². The molecule has 0 amide bonds. The number of fused-ring (bicyclic) bond motifs is 5. The van der Waals surface area contributed by atoms with E-state index < -0.39 is 10.8 Å². The van der Waals surface area contributed by atoms with Gasteiger partial charge in [0.05, 0.1) is 14.2 Å². The molecule has 5 atom stereocenters. The summed E-state index contributed by atoms with van der Waals surface area (Å²) in [4.78, 5) is 39.0. The first-order chi connectivity index (χ1) is 21.8. The lowest BCUT2D eigenvalue weighted by atomic mass is 9.55. The second-order valence-electron chi connectivity index (χ2n) is 14.0. The van der Waals surface area contributed by atoms with Crippen LogP contribution >= 0.6 is 0 Å². The van der Waals surface area contributed by atoms with Gasteiger partial charge >= 0.3 is 11.9 Å². The van der Waals surface area contributed by atoms with E-state index in [0.29, 0.717) is 37.7 Å². The number of hydrogen-bond acceptors (Lipinski definition) is 6. The molecule has 0 heterocycles. The van der Waals surface area contributed by atoms with Crippen molar-refractivity contribution in [1.29, 1.82) is 0 Å². The second-order valence-corrected chi connectivity index (χ2v) is 14.0. The summed E-state index contributed by atoms with van der Waals surface area (Å²) >= 11 is 0. The highest BCUT2D eigenvalue weighted by atomic mass is 16.5. The lowest BCUT2D eigenvalue weighted by molar-refractivity contribution is -0.159. The fourth-order valence-electron chi connectivity index (χ4n) is 8.93. The number of ketones is 1. The summed E-state index contributed by atoms with van der Waals surface area (Å²) in [7, 11) is 2.88. The van der Waals surface area contributed by atoms with Gasteiger partial charge in [-0.2, -0.15) is 0 Å². The largest absolute Gasteiger partial charge is 0.489 e. The van der Waals surface area contributed by atoms with E-state index in [-0.39, 0.29) is 23.6 Å². The summed E-state index contributed by atoms with van der Waals surface area (Å²) in [5, 5.41) is 0. The van der Waals surface area contributed by atoms with Crippen molar-refractivity contribution in [2.75, 3.05) is 14.2 Å². The molecule has 2 saturated carbocycles. The van der Waals surface area contributed by atoms with Crippen molar-refractivity contribution in [1.82, 2.24) is 0 Å². The van der Waals surface area contributed by atoms with Crippen molar-refractivity contribution >= 4 is 17.7 Å². The van der Waals surface area contributed by atoms with Gasteiger partial charge in [-0.3, -0.25) is 14.4 Å². The van der Waals surface area contributed by atoms with Crippen LogP contribution in [0, 0.1) is 22.7 Å². The van der Waals surface area contributed by atoms with Crippen molar-refractivity contribution in [3.8, 4) is 5.75 Å². The number of carbonyl (C=O) groups is 3. The molecule has 6 nitrogen and oxygen atoms in total. The maximum atomic E-state index is 14.3. The van der Waals surface area contributed by atoms with Gasteiger partial charge in [-0.05, 0) is 91.5 Å². The number of hydrogen-bond donors (Lipinski definition) is 0. The Morgan fingerprint density at radius 3 is 2.29 bits per heavy atom. The van der Waals surface area contributed by atoms with Crippen LogP contribution < -0.4 is 4.74 Å². The normalized spacial score (nSPS) is 26.8. The van der Waals surface area contributed by atoms with Gasteiger partial charge in [-0.15, -0.1) is 0 Å². The van der Waals surface area contributed by atoms with E-state index in [1.807, 2.05) is 18.2 Å². The van der Waals surface area contributed by atoms with Crippen molar-refractivity contribution in [3.05, 3.63) is 65.2 Å². The van der Waals surface area contributed by atoms with Gasteiger partial charge in [0.1, 0.15) is 17.8 Å². The first kappa shape index (κ1) is 33.2. The van der Waals surface area contributed by atoms with Gasteiger partial charge < -0.3 is 14.2 Å². The van der Waals surface area contributed by atoms with Gasteiger partial charge in [-0.1, -0.05) is 88.3 Å². The first-order valence-electron chi connectivity index (χ1n) is 17.3. The Balaban J connectivity index is 1.18. The van der Waals surface area contributed by atoms with Gasteiger partial charge in [-0.25, -0.2) is 0 Å². The number of esters is 2. The van der Waals surface area contributed by atoms with Gasteiger partial charge in [0.25, 0.3) is 0 Å². The monoisotopic (exact) mass is 616 g/mol. The summed E-state index contributed by atoms with van der Waals surface area (Å²) in [5.74, 6) is 1.64. The predicted octanol–water partition coefficient (Wildman–Crippen LogP) is 8.53. The third kappa shape index (κ3) is 7.15. The molecule has 2 fully saturated rings. The molecule has 0 saturated heterocycles. The molecule has 3 aliphatic carbocycles. The van der Waals surface area contributed by atoms with Crippen LogP contribution in [0.25, 0.3) is 0 Å². The highest BCUT2D eigenvalue weighted by molar-refractivity contribution is 6.08. The van der Waals surface area contributed by atoms with Crippen molar-refractivity contribution in [2.24, 2.45) is 22.7 Å². The molecule has 2 aromatic carbocycles. The van der Waals surface area contributed by atoms with Crippen LogP contribution in [0.2, 0.25) is 0 Å². The minimum absolute atomic E-state index is 0.132. The van der Waals surface area contributed by atoms with Gasteiger partial charge in [0.2, 0.25) is 0 Å². The van der Waals surface area contributed by atoms with E-state index >= 15 is 0 Å². The lowest BCUT2D eigenvalue weighted by Crippen LogP contribution is -2.44. The van der Waals surface area contributed by atoms with Crippen molar-refractivity contribution < 1.29 is 28.6 Å². The lowest BCUT2D eigenvalue weighted by Gasteiger charge is -2.48. The molecule has 5 rings (SSSR count). The average molecular weight is 617 g/mol. The van der Waals surface area contributed by atoms with Crippen LogP contribution in [0.1, 0.15) is 119 Å². The predicted molar refractivity (Wildman–Crippen MR) is 175 cm³/mol. The third-order valence-electron chi connectivity index (χ3n) is 11.4. The second kappa shape index (κ2) is 15.0. The number of ether oxygens (including phenoxy) is 3. The van der Waals surface area contributed by atoms with Crippen molar-refractivity contribution in [3.63, 3.8) is 0 Å². The third-order valence-corrected chi connectivity index (χ3v) is 11.4. The molecule has 45 heavy (non-hydrogen) atoms. The first-order valence-corrected chi connectivity index (χ1v) is 17.3. The fraction of sp³-hybridized carbons (Fsp3) is 0.615. The smallest absolute Gasteiger partial charge is 0.319 e. The number of aryl methyl sites for hydroxylation is 1. The van der Waals surface area contributed by atoms with Crippen LogP contribution in [0.15, 0.2) is 48.5 Å². The average Bonchev–Trinajstić information content (AvgIpc) is 3.31. The standard InChI is InChI=1S/C39H52O6/c1-38-24-22-32-31-21-19-30(45-27-28-15-11-10-12-16-28)25-29(31)18-20-33(32)34(38)26-39(36(38)41,37(42)44-3)23-14-9-7-5-4-6-8-13-17-35(40)43-2/h10-12,15-16,19,21,25,32-34H,4-9,13-14,17-18,20,22-24,26-27H2,1-3H3/t32-,33-,34+,38+,39+/m1/s1. The Morgan fingerprint density at radius 1 is 0.867 bits per heavy atom. The number of Topliss-reactive ketones (excluding diaryl/α,β-unsaturated/α-hetero) is 1. The molecule has 244 valence electrons. The minimum atomic E-state index is -1.01. The number of methoxy groups -OCH3 is 2. The molecule has 0 aromatic heterocycles. The number of carbonyl (C=O) groups excluding carboxylic acids is 3. The van der Waals surface area contributed by atoms with Crippen molar-refractivity contribution in [2.45, 2.75) is 116 Å². The van der Waals surface area contributed by atoms with E-state index in [4.69, 9.17) is 14.2 Å². The van der Waals surface area contributed by atoms with E-state index in [0.717, 1.165) is 88.4 Å². The zero-order valence-electron chi connectivity index (χ0n) is 27.6. The number of unbranched alkanes of at least 4 members (excludes halogenated alkanes) is 7. The molecular formula is C39H52O6. The maximum Gasteiger partial charge on any atom is 0.319 e. The molecule has 6 heteroatoms. The minimum Gasteiger partial charge on any atom is -0.489 e. The summed E-state index contributed by atoms with van der Waals surface area (Å²) in [6.07, 6.45) is 13.9. The summed E-state index contributed by atoms with van der Waals surface area (Å²) in [5.41, 5.74) is 2.47. The highest BCUT2D eigenvalue weighted by Crippen LogP contribution is 2.64. The van der Waals surface area contributed by atoms with E-state index in [9.17, 15) is 14.4 Å². The van der Waals surface area contributed by atoms with Crippen LogP contribution in [0.4, 0.5) is 0 Å². The molecular weight excluding hydrogens is 564 g/mol. The Kier molecular flexibility index (Phi) is 11.0. The Bertz CT molecular complexity index is 1320. The molecule has 0 radical (unpaired) electrons. The molecule has 0 spiro atoms. The zero-order valence-corrected chi connectivity index (χ0v) is 27.6. The topological polar surface area (TPSA) is 78.9 Å². The Labute approximate surface area is 269 Å². The van der Waals surface area contributed by atoms with Gasteiger partial charge in [0.15, 0.2) is 5.78 Å². The SMILES string of the molecule is COC(=O)CCCCCCCCCC[C@]1(C(=O)OC)C[C@H]2[C@@H]3CCc4cc(OCc5ccccc5)ccc4[C@H]3CC[C@]2(C)C1=O. The van der Waals surface area contributed by atoms with Gasteiger partial charge in [0, 0.05) is 11.8 Å². The Morgan fingerprint density at radius 2 is 1.58 bits per heavy atom. The molecule has 0 bridgehead atoms. The molecule has 0 aliphatic heterocycles. The zero-order chi connectivity index (χ0) is 31.9. The van der Waals surface area contributed by atoms with Crippen LogP contribution in [0.3, 0.4) is 0 Å². The fourth-order valence-corrected chi connectivity index (χ4v) is 8.93. The van der Waals surface area contributed by atoms with Crippen LogP contribution in [-0.4, -0.2) is 31.9 Å². The maximum absolute atomic E-state index is 14.3.